The number of hydrogen-bond donors (Lipinski definition) is 0. The van der Waals surface area contributed by atoms with Crippen LogP contribution in [-0.4, -0.2) is 25.1 Å². The Morgan fingerprint density at radius 3 is 2.53 bits per heavy atom. The van der Waals surface area contributed by atoms with Crippen molar-refractivity contribution in [2.75, 3.05) is 20.2 Å². The van der Waals surface area contributed by atoms with Crippen LogP contribution >= 0.6 is 0 Å². The number of fused-ring (bicyclic) bond motifs is 1. The lowest BCUT2D eigenvalue weighted by molar-refractivity contribution is -0.137. The molecule has 1 aliphatic heterocycles. The molecule has 1 aromatic heterocycles. The van der Waals surface area contributed by atoms with Gasteiger partial charge in [-0.3, -0.25) is 4.90 Å². The zero-order valence-electron chi connectivity index (χ0n) is 17.0. The van der Waals surface area contributed by atoms with E-state index in [4.69, 9.17) is 9.15 Å². The monoisotopic (exact) mass is 415 g/mol. The fourth-order valence-electron chi connectivity index (χ4n) is 4.05. The molecule has 0 radical (unpaired) electrons. The number of furan rings is 1. The maximum Gasteiger partial charge on any atom is 0.416 e. The number of rotatable bonds is 4. The summed E-state index contributed by atoms with van der Waals surface area (Å²) < 4.78 is 49.6. The van der Waals surface area contributed by atoms with Crippen molar-refractivity contribution >= 4 is 0 Å². The zero-order valence-corrected chi connectivity index (χ0v) is 17.0. The standard InChI is InChI=1S/C24H24F3NO2/c1-16-14-28(12-11-17-5-8-20(29-2)13-22(16)17)15-21-9-10-23(30-21)18-3-6-19(7-4-18)24(25,26)27/h3-10,13,16H,11-12,14-15H2,1-2H3. The van der Waals surface area contributed by atoms with Crippen molar-refractivity contribution in [3.8, 4) is 17.1 Å². The highest BCUT2D eigenvalue weighted by Crippen LogP contribution is 2.32. The van der Waals surface area contributed by atoms with Gasteiger partial charge in [-0.2, -0.15) is 13.2 Å². The highest BCUT2D eigenvalue weighted by atomic mass is 19.4. The topological polar surface area (TPSA) is 25.6 Å². The minimum absolute atomic E-state index is 0.363. The zero-order chi connectivity index (χ0) is 21.3. The normalized spacial score (nSPS) is 17.4. The van der Waals surface area contributed by atoms with Crippen LogP contribution in [0.15, 0.2) is 59.0 Å². The summed E-state index contributed by atoms with van der Waals surface area (Å²) in [5.74, 6) is 2.62. The maximum absolute atomic E-state index is 12.8. The molecule has 0 saturated carbocycles. The Bertz CT molecular complexity index is 1010. The SMILES string of the molecule is COc1ccc2c(c1)C(C)CN(Cc1ccc(-c3ccc(C(F)(F)F)cc3)o1)CC2. The molecule has 0 spiro atoms. The van der Waals surface area contributed by atoms with Crippen LogP contribution in [-0.2, 0) is 19.1 Å². The summed E-state index contributed by atoms with van der Waals surface area (Å²) >= 11 is 0. The van der Waals surface area contributed by atoms with Crippen molar-refractivity contribution in [1.82, 2.24) is 4.90 Å². The van der Waals surface area contributed by atoms with Gasteiger partial charge in [-0.25, -0.2) is 0 Å². The van der Waals surface area contributed by atoms with Gasteiger partial charge in [0.25, 0.3) is 0 Å². The molecule has 0 fully saturated rings. The predicted octanol–water partition coefficient (Wildman–Crippen LogP) is 6.14. The van der Waals surface area contributed by atoms with E-state index in [-0.39, 0.29) is 0 Å². The average molecular weight is 415 g/mol. The third-order valence-corrected chi connectivity index (χ3v) is 5.65. The maximum atomic E-state index is 12.8. The van der Waals surface area contributed by atoms with Crippen LogP contribution in [0, 0.1) is 0 Å². The first-order valence-electron chi connectivity index (χ1n) is 9.99. The van der Waals surface area contributed by atoms with E-state index in [0.717, 1.165) is 43.2 Å². The highest BCUT2D eigenvalue weighted by Gasteiger charge is 2.30. The lowest BCUT2D eigenvalue weighted by Crippen LogP contribution is -2.27. The largest absolute Gasteiger partial charge is 0.497 e. The minimum atomic E-state index is -4.34. The summed E-state index contributed by atoms with van der Waals surface area (Å²) in [6.45, 7) is 4.69. The van der Waals surface area contributed by atoms with Gasteiger partial charge in [-0.05, 0) is 59.9 Å². The molecule has 4 rings (SSSR count). The first-order chi connectivity index (χ1) is 14.3. The van der Waals surface area contributed by atoms with E-state index < -0.39 is 11.7 Å². The average Bonchev–Trinajstić information content (AvgIpc) is 3.13. The number of hydrogen-bond acceptors (Lipinski definition) is 3. The van der Waals surface area contributed by atoms with E-state index in [1.54, 1.807) is 7.11 Å². The molecule has 2 aromatic carbocycles. The van der Waals surface area contributed by atoms with E-state index in [2.05, 4.69) is 24.0 Å². The predicted molar refractivity (Wildman–Crippen MR) is 110 cm³/mol. The van der Waals surface area contributed by atoms with Crippen LogP contribution in [0.2, 0.25) is 0 Å². The van der Waals surface area contributed by atoms with Crippen LogP contribution < -0.4 is 4.74 Å². The minimum Gasteiger partial charge on any atom is -0.497 e. The second-order valence-electron chi connectivity index (χ2n) is 7.79. The Balaban J connectivity index is 1.45. The number of alkyl halides is 3. The van der Waals surface area contributed by atoms with Crippen molar-refractivity contribution in [3.05, 3.63) is 77.0 Å². The summed E-state index contributed by atoms with van der Waals surface area (Å²) in [7, 11) is 1.68. The van der Waals surface area contributed by atoms with Gasteiger partial charge >= 0.3 is 6.18 Å². The van der Waals surface area contributed by atoms with Crippen molar-refractivity contribution in [2.45, 2.75) is 32.0 Å². The number of ether oxygens (including phenoxy) is 1. The van der Waals surface area contributed by atoms with Gasteiger partial charge in [0, 0.05) is 18.7 Å². The molecule has 0 saturated heterocycles. The Hall–Kier alpha value is -2.73. The third kappa shape index (κ3) is 4.38. The summed E-state index contributed by atoms with van der Waals surface area (Å²) in [6.07, 6.45) is -3.38. The second-order valence-corrected chi connectivity index (χ2v) is 7.79. The molecule has 1 unspecified atom stereocenters. The van der Waals surface area contributed by atoms with Gasteiger partial charge in [-0.15, -0.1) is 0 Å². The molecule has 3 aromatic rings. The van der Waals surface area contributed by atoms with Crippen LogP contribution in [0.4, 0.5) is 13.2 Å². The molecule has 0 bridgehead atoms. The lowest BCUT2D eigenvalue weighted by atomic mass is 9.95. The Labute approximate surface area is 174 Å². The third-order valence-electron chi connectivity index (χ3n) is 5.65. The van der Waals surface area contributed by atoms with E-state index in [9.17, 15) is 13.2 Å². The molecule has 6 heteroatoms. The van der Waals surface area contributed by atoms with Crippen LogP contribution in [0.25, 0.3) is 11.3 Å². The van der Waals surface area contributed by atoms with Crippen molar-refractivity contribution < 1.29 is 22.3 Å². The summed E-state index contributed by atoms with van der Waals surface area (Å²) in [5.41, 5.74) is 2.64. The molecule has 30 heavy (non-hydrogen) atoms. The van der Waals surface area contributed by atoms with Gasteiger partial charge in [0.15, 0.2) is 0 Å². The second kappa shape index (κ2) is 8.19. The summed E-state index contributed by atoms with van der Waals surface area (Å²) in [5, 5.41) is 0. The Kier molecular flexibility index (Phi) is 5.60. The molecule has 0 N–H and O–H groups in total. The lowest BCUT2D eigenvalue weighted by Gasteiger charge is -2.21. The number of methoxy groups -OCH3 is 1. The number of benzene rings is 2. The number of nitrogens with zero attached hydrogens (tertiary/aromatic N) is 1. The molecule has 1 aliphatic rings. The van der Waals surface area contributed by atoms with Crippen LogP contribution in [0.1, 0.15) is 35.3 Å². The van der Waals surface area contributed by atoms with Crippen LogP contribution in [0.3, 0.4) is 0 Å². The molecular formula is C24H24F3NO2. The molecule has 0 amide bonds. The van der Waals surface area contributed by atoms with Crippen LogP contribution in [0.5, 0.6) is 5.75 Å². The van der Waals surface area contributed by atoms with E-state index in [1.807, 2.05) is 18.2 Å². The van der Waals surface area contributed by atoms with Gasteiger partial charge in [0.1, 0.15) is 17.3 Å². The molecule has 158 valence electrons. The van der Waals surface area contributed by atoms with Gasteiger partial charge in [0.05, 0.1) is 19.2 Å². The van der Waals surface area contributed by atoms with Crippen molar-refractivity contribution in [3.63, 3.8) is 0 Å². The van der Waals surface area contributed by atoms with Gasteiger partial charge in [0.2, 0.25) is 0 Å². The Morgan fingerprint density at radius 1 is 1.07 bits per heavy atom. The van der Waals surface area contributed by atoms with E-state index >= 15 is 0 Å². The fraction of sp³-hybridized carbons (Fsp3) is 0.333. The number of halogens is 3. The first-order valence-corrected chi connectivity index (χ1v) is 9.99. The molecule has 2 heterocycles. The van der Waals surface area contributed by atoms with E-state index in [1.165, 1.54) is 23.3 Å². The quantitative estimate of drug-likeness (QED) is 0.512. The summed E-state index contributed by atoms with van der Waals surface area (Å²) in [6, 6.07) is 15.1. The molecule has 3 nitrogen and oxygen atoms in total. The molecule has 0 aliphatic carbocycles. The highest BCUT2D eigenvalue weighted by molar-refractivity contribution is 5.58. The fourth-order valence-corrected chi connectivity index (χ4v) is 4.05. The molecule has 1 atom stereocenters. The first kappa shape index (κ1) is 20.5. The van der Waals surface area contributed by atoms with Crippen molar-refractivity contribution in [1.29, 1.82) is 0 Å². The van der Waals surface area contributed by atoms with Gasteiger partial charge < -0.3 is 9.15 Å². The summed E-state index contributed by atoms with van der Waals surface area (Å²) in [4.78, 5) is 2.35. The molecular weight excluding hydrogens is 391 g/mol. The van der Waals surface area contributed by atoms with Gasteiger partial charge in [-0.1, -0.05) is 25.1 Å². The smallest absolute Gasteiger partial charge is 0.416 e. The van der Waals surface area contributed by atoms with E-state index in [0.29, 0.717) is 23.8 Å². The Morgan fingerprint density at radius 2 is 1.83 bits per heavy atom. The van der Waals surface area contributed by atoms with Crippen molar-refractivity contribution in [2.24, 2.45) is 0 Å².